The molecule has 1 aliphatic heterocycles. The molecule has 0 spiro atoms. The van der Waals surface area contributed by atoms with Gasteiger partial charge in [0.15, 0.2) is 11.3 Å². The molecule has 144 valence electrons. The molecule has 1 fully saturated rings. The number of H-pyrrole nitrogens is 1. The highest BCUT2D eigenvalue weighted by Gasteiger charge is 2.23. The number of fused-ring (bicyclic) bond motifs is 1. The molecule has 1 saturated heterocycles. The van der Waals surface area contributed by atoms with Gasteiger partial charge in [-0.05, 0) is 18.2 Å². The number of nitrogens with zero attached hydrogens (tertiary/aromatic N) is 4. The van der Waals surface area contributed by atoms with Crippen molar-refractivity contribution in [1.82, 2.24) is 30.6 Å². The number of rotatable bonds is 4. The summed E-state index contributed by atoms with van der Waals surface area (Å²) in [6.07, 6.45) is 0. The highest BCUT2D eigenvalue weighted by atomic mass is 19.1. The SMILES string of the molecule is Nc1cc(OCc2cc(C(=O)N3CCNC(=O)C3)ccc2F)c2n[nH]nc2n1. The van der Waals surface area contributed by atoms with Gasteiger partial charge in [0.25, 0.3) is 5.91 Å². The number of aromatic nitrogens is 4. The smallest absolute Gasteiger partial charge is 0.254 e. The number of ether oxygens (including phenoxy) is 1. The van der Waals surface area contributed by atoms with E-state index in [4.69, 9.17) is 10.5 Å². The van der Waals surface area contributed by atoms with Crippen LogP contribution in [0.25, 0.3) is 11.2 Å². The molecule has 3 aromatic rings. The standard InChI is InChI=1S/C17H16FN7O3/c18-11-2-1-9(17(27)25-4-3-20-14(26)7-25)5-10(11)8-28-12-6-13(19)21-16-15(12)22-24-23-16/h1-2,5-6H,3-4,7-8H2,(H,20,26)(H3,19,21,22,23,24). The third-order valence-electron chi connectivity index (χ3n) is 4.28. The number of halogens is 1. The van der Waals surface area contributed by atoms with Crippen LogP contribution in [0.2, 0.25) is 0 Å². The van der Waals surface area contributed by atoms with Gasteiger partial charge in [-0.2, -0.15) is 10.3 Å². The number of anilines is 1. The zero-order valence-corrected chi connectivity index (χ0v) is 14.6. The van der Waals surface area contributed by atoms with E-state index in [2.05, 4.69) is 25.7 Å². The number of nitrogens with two attached hydrogens (primary N) is 1. The number of carbonyl (C=O) groups excluding carboxylic acids is 2. The van der Waals surface area contributed by atoms with E-state index in [1.54, 1.807) is 0 Å². The normalized spacial score (nSPS) is 14.2. The summed E-state index contributed by atoms with van der Waals surface area (Å²) < 4.78 is 19.9. The minimum absolute atomic E-state index is 0.0253. The lowest BCUT2D eigenvalue weighted by Crippen LogP contribution is -2.50. The van der Waals surface area contributed by atoms with Gasteiger partial charge in [0, 0.05) is 30.3 Å². The van der Waals surface area contributed by atoms with Crippen LogP contribution in [-0.4, -0.2) is 56.7 Å². The number of piperazine rings is 1. The van der Waals surface area contributed by atoms with E-state index in [-0.39, 0.29) is 47.6 Å². The van der Waals surface area contributed by atoms with Crippen LogP contribution in [0.4, 0.5) is 10.2 Å². The second-order valence-corrected chi connectivity index (χ2v) is 6.21. The molecule has 4 N–H and O–H groups in total. The Bertz CT molecular complexity index is 1070. The van der Waals surface area contributed by atoms with Gasteiger partial charge in [0.1, 0.15) is 18.2 Å². The quantitative estimate of drug-likeness (QED) is 0.584. The number of pyridine rings is 1. The summed E-state index contributed by atoms with van der Waals surface area (Å²) in [6.45, 7) is 0.606. The first-order valence-electron chi connectivity index (χ1n) is 8.45. The number of nitrogens with one attached hydrogen (secondary N) is 2. The predicted octanol–water partition coefficient (Wildman–Crippen LogP) is 0.225. The topological polar surface area (TPSA) is 139 Å². The third-order valence-corrected chi connectivity index (χ3v) is 4.28. The lowest BCUT2D eigenvalue weighted by molar-refractivity contribution is -0.123. The van der Waals surface area contributed by atoms with Gasteiger partial charge >= 0.3 is 0 Å². The summed E-state index contributed by atoms with van der Waals surface area (Å²) in [6, 6.07) is 5.45. The Balaban J connectivity index is 1.55. The highest BCUT2D eigenvalue weighted by molar-refractivity contribution is 5.97. The van der Waals surface area contributed by atoms with Gasteiger partial charge in [0.05, 0.1) is 6.54 Å². The average molecular weight is 385 g/mol. The van der Waals surface area contributed by atoms with E-state index in [0.717, 1.165) is 0 Å². The van der Waals surface area contributed by atoms with Crippen molar-refractivity contribution >= 4 is 28.8 Å². The van der Waals surface area contributed by atoms with Crippen LogP contribution in [0.1, 0.15) is 15.9 Å². The first-order valence-corrected chi connectivity index (χ1v) is 8.45. The lowest BCUT2D eigenvalue weighted by atomic mass is 10.1. The second-order valence-electron chi connectivity index (χ2n) is 6.21. The van der Waals surface area contributed by atoms with Crippen LogP contribution in [-0.2, 0) is 11.4 Å². The molecule has 4 rings (SSSR count). The molecule has 0 saturated carbocycles. The van der Waals surface area contributed by atoms with Crippen LogP contribution in [0, 0.1) is 5.82 Å². The Morgan fingerprint density at radius 1 is 1.32 bits per heavy atom. The van der Waals surface area contributed by atoms with Crippen molar-refractivity contribution < 1.29 is 18.7 Å². The van der Waals surface area contributed by atoms with E-state index >= 15 is 0 Å². The van der Waals surface area contributed by atoms with Crippen molar-refractivity contribution in [3.05, 3.63) is 41.2 Å². The molecule has 28 heavy (non-hydrogen) atoms. The van der Waals surface area contributed by atoms with Crippen LogP contribution < -0.4 is 15.8 Å². The van der Waals surface area contributed by atoms with Crippen LogP contribution in [0.3, 0.4) is 0 Å². The third kappa shape index (κ3) is 3.41. The fourth-order valence-corrected chi connectivity index (χ4v) is 2.90. The Morgan fingerprint density at radius 3 is 3.00 bits per heavy atom. The molecule has 2 amide bonds. The fourth-order valence-electron chi connectivity index (χ4n) is 2.90. The zero-order valence-electron chi connectivity index (χ0n) is 14.6. The Hall–Kier alpha value is -3.76. The maximum atomic E-state index is 14.2. The van der Waals surface area contributed by atoms with Gasteiger partial charge < -0.3 is 20.7 Å². The lowest BCUT2D eigenvalue weighted by Gasteiger charge is -2.26. The van der Waals surface area contributed by atoms with E-state index in [0.29, 0.717) is 24.4 Å². The molecule has 1 aliphatic rings. The van der Waals surface area contributed by atoms with Gasteiger partial charge in [-0.1, -0.05) is 0 Å². The molecule has 0 radical (unpaired) electrons. The largest absolute Gasteiger partial charge is 0.486 e. The van der Waals surface area contributed by atoms with Crippen LogP contribution >= 0.6 is 0 Å². The highest BCUT2D eigenvalue weighted by Crippen LogP contribution is 2.24. The molecule has 0 atom stereocenters. The monoisotopic (exact) mass is 385 g/mol. The summed E-state index contributed by atoms with van der Waals surface area (Å²) in [4.78, 5) is 29.5. The molecule has 0 aliphatic carbocycles. The number of benzene rings is 1. The number of amides is 2. The minimum atomic E-state index is -0.522. The second kappa shape index (κ2) is 7.10. The predicted molar refractivity (Wildman–Crippen MR) is 95.7 cm³/mol. The summed E-state index contributed by atoms with van der Waals surface area (Å²) in [5, 5.41) is 12.9. The summed E-state index contributed by atoms with van der Waals surface area (Å²) in [7, 11) is 0. The fraction of sp³-hybridized carbons (Fsp3) is 0.235. The average Bonchev–Trinajstić information content (AvgIpc) is 3.15. The number of hydrogen-bond donors (Lipinski definition) is 3. The number of nitrogen functional groups attached to an aromatic ring is 1. The van der Waals surface area contributed by atoms with Crippen molar-refractivity contribution in [2.24, 2.45) is 0 Å². The first-order chi connectivity index (χ1) is 13.5. The van der Waals surface area contributed by atoms with Crippen LogP contribution in [0.15, 0.2) is 24.3 Å². The van der Waals surface area contributed by atoms with Crippen molar-refractivity contribution in [1.29, 1.82) is 0 Å². The van der Waals surface area contributed by atoms with Gasteiger partial charge in [0.2, 0.25) is 11.6 Å². The van der Waals surface area contributed by atoms with Crippen LogP contribution in [0.5, 0.6) is 5.75 Å². The van der Waals surface area contributed by atoms with E-state index in [1.807, 2.05) is 0 Å². The Kier molecular flexibility index (Phi) is 4.47. The van der Waals surface area contributed by atoms with Crippen molar-refractivity contribution in [3.63, 3.8) is 0 Å². The maximum Gasteiger partial charge on any atom is 0.254 e. The van der Waals surface area contributed by atoms with E-state index in [1.165, 1.54) is 29.2 Å². The molecule has 3 heterocycles. The molecule has 2 aromatic heterocycles. The Labute approximate surface area is 157 Å². The van der Waals surface area contributed by atoms with Crippen molar-refractivity contribution in [2.75, 3.05) is 25.4 Å². The number of aromatic amines is 1. The molecular weight excluding hydrogens is 369 g/mol. The summed E-state index contributed by atoms with van der Waals surface area (Å²) in [5.74, 6) is -0.615. The van der Waals surface area contributed by atoms with Crippen molar-refractivity contribution in [3.8, 4) is 5.75 Å². The number of carbonyl (C=O) groups is 2. The van der Waals surface area contributed by atoms with Gasteiger partial charge in [-0.3, -0.25) is 9.59 Å². The zero-order chi connectivity index (χ0) is 19.7. The van der Waals surface area contributed by atoms with E-state index < -0.39 is 5.82 Å². The molecule has 0 unspecified atom stereocenters. The van der Waals surface area contributed by atoms with Gasteiger partial charge in [-0.15, -0.1) is 5.10 Å². The molecule has 0 bridgehead atoms. The molecule has 11 heteroatoms. The summed E-state index contributed by atoms with van der Waals surface area (Å²) in [5.41, 5.74) is 6.81. The van der Waals surface area contributed by atoms with Gasteiger partial charge in [-0.25, -0.2) is 9.37 Å². The summed E-state index contributed by atoms with van der Waals surface area (Å²) >= 11 is 0. The maximum absolute atomic E-state index is 14.2. The van der Waals surface area contributed by atoms with Crippen molar-refractivity contribution in [2.45, 2.75) is 6.61 Å². The number of hydrogen-bond acceptors (Lipinski definition) is 7. The van der Waals surface area contributed by atoms with E-state index in [9.17, 15) is 14.0 Å². The molecule has 10 nitrogen and oxygen atoms in total. The molecule has 1 aromatic carbocycles. The molecular formula is C17H16FN7O3. The Morgan fingerprint density at radius 2 is 2.18 bits per heavy atom. The minimum Gasteiger partial charge on any atom is -0.486 e. The first kappa shape index (κ1) is 17.6.